The van der Waals surface area contributed by atoms with Crippen molar-refractivity contribution in [1.29, 1.82) is 0 Å². The highest BCUT2D eigenvalue weighted by molar-refractivity contribution is 9.10. The Kier molecular flexibility index (Phi) is 7.81. The van der Waals surface area contributed by atoms with Crippen LogP contribution in [0.4, 0.5) is 5.69 Å². The van der Waals surface area contributed by atoms with Crippen LogP contribution < -0.4 is 20.2 Å². The Morgan fingerprint density at radius 2 is 1.74 bits per heavy atom. The number of ether oxygens (including phenoxy) is 2. The topological polar surface area (TPSA) is 89.0 Å². The molecule has 2 amide bonds. The zero-order valence-electron chi connectivity index (χ0n) is 15.0. The lowest BCUT2D eigenvalue weighted by Gasteiger charge is -2.06. The molecule has 0 fully saturated rings. The normalized spacial score (nSPS) is 10.5. The molecule has 0 saturated heterocycles. The summed E-state index contributed by atoms with van der Waals surface area (Å²) < 4.78 is 11.1. The van der Waals surface area contributed by atoms with Gasteiger partial charge in [0.25, 0.3) is 0 Å². The van der Waals surface area contributed by atoms with Gasteiger partial charge in [0, 0.05) is 28.6 Å². The first-order valence-electron chi connectivity index (χ1n) is 8.11. The van der Waals surface area contributed by atoms with Gasteiger partial charge >= 0.3 is 0 Å². The van der Waals surface area contributed by atoms with Crippen LogP contribution in [0.3, 0.4) is 0 Å². The molecule has 0 spiro atoms. The molecule has 2 N–H and O–H groups in total. The molecule has 0 aromatic heterocycles. The van der Waals surface area contributed by atoms with Crippen LogP contribution in [-0.2, 0) is 9.59 Å². The van der Waals surface area contributed by atoms with Gasteiger partial charge in [-0.3, -0.25) is 9.59 Å². The van der Waals surface area contributed by atoms with E-state index in [4.69, 9.17) is 9.47 Å². The van der Waals surface area contributed by atoms with Crippen molar-refractivity contribution in [2.75, 3.05) is 19.5 Å². The Morgan fingerprint density at radius 1 is 1.04 bits per heavy atom. The summed E-state index contributed by atoms with van der Waals surface area (Å²) in [5.41, 5.74) is 3.75. The second-order valence-corrected chi connectivity index (χ2v) is 6.37. The summed E-state index contributed by atoms with van der Waals surface area (Å²) in [6.45, 7) is 0. The number of carbonyl (C=O) groups excluding carboxylic acids is 2. The number of rotatable bonds is 8. The molecule has 7 nitrogen and oxygen atoms in total. The second kappa shape index (κ2) is 10.3. The summed E-state index contributed by atoms with van der Waals surface area (Å²) in [7, 11) is 3.13. The number of nitrogens with one attached hydrogen (secondary N) is 2. The lowest BCUT2D eigenvalue weighted by atomic mass is 10.2. The predicted octanol–water partition coefficient (Wildman–Crippen LogP) is 3.34. The van der Waals surface area contributed by atoms with Gasteiger partial charge in [-0.05, 0) is 42.5 Å². The van der Waals surface area contributed by atoms with E-state index in [2.05, 4.69) is 31.8 Å². The van der Waals surface area contributed by atoms with Gasteiger partial charge in [-0.15, -0.1) is 0 Å². The maximum atomic E-state index is 11.9. The minimum absolute atomic E-state index is 0.0228. The number of carbonyl (C=O) groups is 2. The van der Waals surface area contributed by atoms with Crippen LogP contribution >= 0.6 is 15.9 Å². The standard InChI is InChI=1S/C19H20BrN3O4/c1-26-16-6-4-15(5-7-16)22-18(24)9-10-19(25)23-21-12-13-11-14(20)3-8-17(13)27-2/h3-8,11-12H,9-10H2,1-2H3,(H,22,24)(H,23,25). The van der Waals surface area contributed by atoms with Gasteiger partial charge < -0.3 is 14.8 Å². The van der Waals surface area contributed by atoms with Crippen molar-refractivity contribution in [2.24, 2.45) is 5.10 Å². The Hall–Kier alpha value is -2.87. The molecule has 142 valence electrons. The summed E-state index contributed by atoms with van der Waals surface area (Å²) in [4.78, 5) is 23.7. The highest BCUT2D eigenvalue weighted by Crippen LogP contribution is 2.21. The van der Waals surface area contributed by atoms with Crippen LogP contribution in [0.2, 0.25) is 0 Å². The summed E-state index contributed by atoms with van der Waals surface area (Å²) in [6.07, 6.45) is 1.56. The molecule has 27 heavy (non-hydrogen) atoms. The van der Waals surface area contributed by atoms with E-state index in [1.165, 1.54) is 6.21 Å². The average Bonchev–Trinajstić information content (AvgIpc) is 2.67. The van der Waals surface area contributed by atoms with Gasteiger partial charge in [-0.2, -0.15) is 5.10 Å². The monoisotopic (exact) mass is 433 g/mol. The van der Waals surface area contributed by atoms with E-state index in [9.17, 15) is 9.59 Å². The number of benzene rings is 2. The van der Waals surface area contributed by atoms with E-state index in [0.717, 1.165) is 4.47 Å². The lowest BCUT2D eigenvalue weighted by Crippen LogP contribution is -2.20. The minimum Gasteiger partial charge on any atom is -0.497 e. The molecule has 0 unspecified atom stereocenters. The van der Waals surface area contributed by atoms with Crippen LogP contribution in [0.25, 0.3) is 0 Å². The summed E-state index contributed by atoms with van der Waals surface area (Å²) in [6, 6.07) is 12.4. The van der Waals surface area contributed by atoms with Crippen LogP contribution in [0, 0.1) is 0 Å². The van der Waals surface area contributed by atoms with E-state index >= 15 is 0 Å². The van der Waals surface area contributed by atoms with Gasteiger partial charge in [-0.1, -0.05) is 15.9 Å². The third kappa shape index (κ3) is 6.74. The maximum Gasteiger partial charge on any atom is 0.240 e. The molecule has 2 aromatic rings. The third-order valence-electron chi connectivity index (χ3n) is 3.54. The van der Waals surface area contributed by atoms with Crippen molar-refractivity contribution >= 4 is 39.6 Å². The number of halogens is 1. The van der Waals surface area contributed by atoms with Crippen molar-refractivity contribution in [3.05, 3.63) is 52.5 Å². The second-order valence-electron chi connectivity index (χ2n) is 5.46. The number of hydrogen-bond donors (Lipinski definition) is 2. The summed E-state index contributed by atoms with van der Waals surface area (Å²) in [5, 5.41) is 6.62. The highest BCUT2D eigenvalue weighted by Gasteiger charge is 2.07. The van der Waals surface area contributed by atoms with Gasteiger partial charge in [0.15, 0.2) is 0 Å². The molecule has 2 aromatic carbocycles. The quantitative estimate of drug-likeness (QED) is 0.493. The molecule has 0 bridgehead atoms. The molecule has 0 aliphatic carbocycles. The summed E-state index contributed by atoms with van der Waals surface area (Å²) >= 11 is 3.37. The first-order chi connectivity index (χ1) is 13.0. The fourth-order valence-corrected chi connectivity index (χ4v) is 2.54. The van der Waals surface area contributed by atoms with E-state index in [1.54, 1.807) is 44.6 Å². The fraction of sp³-hybridized carbons (Fsp3) is 0.211. The zero-order chi connectivity index (χ0) is 19.6. The van der Waals surface area contributed by atoms with Crippen molar-refractivity contribution in [3.8, 4) is 11.5 Å². The van der Waals surface area contributed by atoms with Crippen molar-refractivity contribution < 1.29 is 19.1 Å². The Bertz CT molecular complexity index is 822. The molecule has 8 heteroatoms. The largest absolute Gasteiger partial charge is 0.497 e. The number of methoxy groups -OCH3 is 2. The third-order valence-corrected chi connectivity index (χ3v) is 4.03. The van der Waals surface area contributed by atoms with Crippen LogP contribution in [-0.4, -0.2) is 32.2 Å². The van der Waals surface area contributed by atoms with Crippen LogP contribution in [0.5, 0.6) is 11.5 Å². The van der Waals surface area contributed by atoms with E-state index in [-0.39, 0.29) is 24.7 Å². The number of anilines is 1. The van der Waals surface area contributed by atoms with Gasteiger partial charge in [0.1, 0.15) is 11.5 Å². The lowest BCUT2D eigenvalue weighted by molar-refractivity contribution is -0.124. The van der Waals surface area contributed by atoms with E-state index < -0.39 is 0 Å². The molecule has 0 atom stereocenters. The fourth-order valence-electron chi connectivity index (χ4n) is 2.16. The van der Waals surface area contributed by atoms with Gasteiger partial charge in [0.05, 0.1) is 20.4 Å². The molecule has 0 radical (unpaired) electrons. The average molecular weight is 434 g/mol. The van der Waals surface area contributed by atoms with Gasteiger partial charge in [0.2, 0.25) is 11.8 Å². The molecule has 2 rings (SSSR count). The molecule has 0 heterocycles. The summed E-state index contributed by atoms with van der Waals surface area (Å²) in [5.74, 6) is 0.723. The number of nitrogens with zero attached hydrogens (tertiary/aromatic N) is 1. The first kappa shape index (κ1) is 20.4. The smallest absolute Gasteiger partial charge is 0.240 e. The van der Waals surface area contributed by atoms with Crippen molar-refractivity contribution in [2.45, 2.75) is 12.8 Å². The first-order valence-corrected chi connectivity index (χ1v) is 8.90. The highest BCUT2D eigenvalue weighted by atomic mass is 79.9. The molecule has 0 aliphatic heterocycles. The number of hydrogen-bond acceptors (Lipinski definition) is 5. The number of amides is 2. The molecular weight excluding hydrogens is 414 g/mol. The Balaban J connectivity index is 1.78. The Labute approximate surface area is 165 Å². The number of hydrazone groups is 1. The van der Waals surface area contributed by atoms with E-state index in [1.807, 2.05) is 12.1 Å². The minimum atomic E-state index is -0.356. The van der Waals surface area contributed by atoms with Crippen LogP contribution in [0.15, 0.2) is 52.0 Å². The predicted molar refractivity (Wildman–Crippen MR) is 107 cm³/mol. The van der Waals surface area contributed by atoms with E-state index in [0.29, 0.717) is 22.7 Å². The molecule has 0 aliphatic rings. The van der Waals surface area contributed by atoms with Crippen LogP contribution in [0.1, 0.15) is 18.4 Å². The van der Waals surface area contributed by atoms with Gasteiger partial charge in [-0.25, -0.2) is 5.43 Å². The molecular formula is C19H20BrN3O4. The van der Waals surface area contributed by atoms with Crippen molar-refractivity contribution in [1.82, 2.24) is 5.43 Å². The SMILES string of the molecule is COc1ccc(NC(=O)CCC(=O)NN=Cc2cc(Br)ccc2OC)cc1. The molecule has 0 saturated carbocycles. The maximum absolute atomic E-state index is 11.9. The van der Waals surface area contributed by atoms with Crippen molar-refractivity contribution in [3.63, 3.8) is 0 Å². The zero-order valence-corrected chi connectivity index (χ0v) is 16.6. The Morgan fingerprint density at radius 3 is 2.41 bits per heavy atom.